The zero-order valence-corrected chi connectivity index (χ0v) is 36.1. The van der Waals surface area contributed by atoms with Gasteiger partial charge in [0.15, 0.2) is 9.84 Å². The second-order valence-electron chi connectivity index (χ2n) is 20.9. The summed E-state index contributed by atoms with van der Waals surface area (Å²) in [5, 5.41) is 14.6. The van der Waals surface area contributed by atoms with Crippen LogP contribution < -0.4 is 10.1 Å². The summed E-state index contributed by atoms with van der Waals surface area (Å²) in [7, 11) is -2.86. The summed E-state index contributed by atoms with van der Waals surface area (Å²) in [6.45, 7) is 18.9. The predicted molar refractivity (Wildman–Crippen MR) is 221 cm³/mol. The number of hydrogen-bond acceptors (Lipinski definition) is 8. The number of carboxylic acid groups (broad SMARTS) is 1. The van der Waals surface area contributed by atoms with Crippen molar-refractivity contribution in [1.29, 1.82) is 0 Å². The van der Waals surface area contributed by atoms with Gasteiger partial charge in [-0.25, -0.2) is 13.4 Å². The highest BCUT2D eigenvalue weighted by Gasteiger charge is 2.70. The van der Waals surface area contributed by atoms with Crippen molar-refractivity contribution in [3.8, 4) is 5.88 Å². The van der Waals surface area contributed by atoms with Gasteiger partial charge in [0, 0.05) is 44.1 Å². The van der Waals surface area contributed by atoms with E-state index in [4.69, 9.17) is 4.74 Å². The van der Waals surface area contributed by atoms with E-state index in [1.807, 2.05) is 0 Å². The lowest BCUT2D eigenvalue weighted by atomic mass is 9.33. The second kappa shape index (κ2) is 14.5. The van der Waals surface area contributed by atoms with Gasteiger partial charge in [0.25, 0.3) is 0 Å². The van der Waals surface area contributed by atoms with Gasteiger partial charge in [-0.15, -0.1) is 0 Å². The van der Waals surface area contributed by atoms with Gasteiger partial charge < -0.3 is 20.1 Å². The van der Waals surface area contributed by atoms with Crippen molar-refractivity contribution in [3.63, 3.8) is 0 Å². The van der Waals surface area contributed by atoms with Gasteiger partial charge in [0.2, 0.25) is 5.88 Å². The van der Waals surface area contributed by atoms with Crippen molar-refractivity contribution >= 4 is 15.8 Å². The Hall–Kier alpha value is -2.30. The van der Waals surface area contributed by atoms with Crippen molar-refractivity contribution in [2.24, 2.45) is 56.7 Å². The molecule has 7 aliphatic rings. The molecule has 6 aliphatic carbocycles. The lowest BCUT2D eigenvalue weighted by Gasteiger charge is -2.72. The molecule has 1 saturated heterocycles. The van der Waals surface area contributed by atoms with Crippen molar-refractivity contribution in [2.75, 3.05) is 44.3 Å². The van der Waals surface area contributed by atoms with E-state index in [0.29, 0.717) is 71.9 Å². The average Bonchev–Trinajstić information content (AvgIpc) is 3.54. The number of nitrogens with zero attached hydrogens (tertiary/aromatic N) is 3. The zero-order chi connectivity index (χ0) is 39.8. The highest BCUT2D eigenvalue weighted by Crippen LogP contribution is 2.76. The Labute approximate surface area is 337 Å². The number of aliphatic carboxylic acids is 1. The van der Waals surface area contributed by atoms with Gasteiger partial charge in [-0.2, -0.15) is 0 Å². The maximum Gasteiger partial charge on any atom is 0.313 e. The van der Waals surface area contributed by atoms with Crippen LogP contribution in [-0.2, 0) is 14.6 Å². The van der Waals surface area contributed by atoms with Crippen LogP contribution >= 0.6 is 0 Å². The molecule has 0 aromatic carbocycles. The van der Waals surface area contributed by atoms with Crippen LogP contribution in [0.15, 0.2) is 41.9 Å². The molecule has 4 saturated carbocycles. The third-order valence-corrected chi connectivity index (χ3v) is 20.1. The van der Waals surface area contributed by atoms with Gasteiger partial charge in [-0.3, -0.25) is 9.78 Å². The summed E-state index contributed by atoms with van der Waals surface area (Å²) in [6.07, 6.45) is 24.1. The first-order valence-corrected chi connectivity index (χ1v) is 24.0. The van der Waals surface area contributed by atoms with E-state index in [1.54, 1.807) is 18.6 Å². The topological polar surface area (TPSA) is 122 Å². The fraction of sp³-hybridized carbons (Fsp3) is 0.804. The van der Waals surface area contributed by atoms with Crippen LogP contribution in [0.25, 0.3) is 0 Å². The molecule has 1 aromatic rings. The molecule has 1 aromatic heterocycles. The summed E-state index contributed by atoms with van der Waals surface area (Å²) in [4.78, 5) is 23.3. The van der Waals surface area contributed by atoms with E-state index in [0.717, 1.165) is 37.8 Å². The average molecular weight is 791 g/mol. The third kappa shape index (κ3) is 6.44. The molecule has 10 heteroatoms. The number of nitrogens with one attached hydrogen (secondary N) is 1. The van der Waals surface area contributed by atoms with Crippen LogP contribution in [0, 0.1) is 56.7 Å². The Morgan fingerprint density at radius 2 is 1.71 bits per heavy atom. The Balaban J connectivity index is 0.998. The maximum atomic E-state index is 12.7. The normalized spacial score (nSPS) is 42.9. The summed E-state index contributed by atoms with van der Waals surface area (Å²) in [6, 6.07) is 0. The van der Waals surface area contributed by atoms with Gasteiger partial charge in [0.1, 0.15) is 12.0 Å². The predicted octanol–water partition coefficient (Wildman–Crippen LogP) is 8.14. The minimum atomic E-state index is -2.86. The molecule has 0 spiro atoms. The standard InChI is InChI=1S/C46H70N4O5S/c1-7-32-12-19-46(49-24-25-50-26-28-56(53,54)29-27-50)21-20-43(5)35(39(32)46)8-9-37-42(4)15-13-34(41(2,3)36(42)14-16-44(37,43)6)33-10-17-45(18-11-33,40(51)52)31-55-38-30-47-22-23-48-38/h10,13,22-23,30,32,35-37,39,49H,7-9,11-12,14-21,24-29,31H2,1-6H3,(H,51,52)/t32-,35-,36+,37-,39-,42+,43-,44-,45-,46+/m1/s1. The number of carbonyl (C=O) groups is 1. The van der Waals surface area contributed by atoms with E-state index in [-0.39, 0.29) is 23.0 Å². The molecule has 0 radical (unpaired) electrons. The third-order valence-electron chi connectivity index (χ3n) is 18.5. The van der Waals surface area contributed by atoms with Gasteiger partial charge in [-0.1, -0.05) is 60.1 Å². The van der Waals surface area contributed by atoms with Crippen molar-refractivity contribution in [1.82, 2.24) is 20.2 Å². The van der Waals surface area contributed by atoms with Crippen LogP contribution in [0.1, 0.15) is 125 Å². The molecule has 0 bridgehead atoms. The summed E-state index contributed by atoms with van der Waals surface area (Å²) in [5.74, 6) is 3.68. The van der Waals surface area contributed by atoms with Gasteiger partial charge in [0.05, 0.1) is 17.7 Å². The summed E-state index contributed by atoms with van der Waals surface area (Å²) >= 11 is 0. The molecule has 0 amide bonds. The Bertz CT molecular complexity index is 1820. The second-order valence-corrected chi connectivity index (χ2v) is 23.2. The smallest absolute Gasteiger partial charge is 0.313 e. The quantitative estimate of drug-likeness (QED) is 0.242. The van der Waals surface area contributed by atoms with E-state index in [2.05, 4.69) is 73.9 Å². The molecule has 10 atom stereocenters. The largest absolute Gasteiger partial charge is 0.481 e. The molecule has 0 unspecified atom stereocenters. The van der Waals surface area contributed by atoms with Crippen LogP contribution in [0.4, 0.5) is 0 Å². The molecular formula is C46H70N4O5S. The zero-order valence-electron chi connectivity index (χ0n) is 35.2. The van der Waals surface area contributed by atoms with E-state index >= 15 is 0 Å². The maximum absolute atomic E-state index is 12.7. The fourth-order valence-electron chi connectivity index (χ4n) is 15.2. The number of fused-ring (bicyclic) bond motifs is 7. The van der Waals surface area contributed by atoms with Gasteiger partial charge >= 0.3 is 5.97 Å². The van der Waals surface area contributed by atoms with E-state index < -0.39 is 21.2 Å². The van der Waals surface area contributed by atoms with Crippen LogP contribution in [0.2, 0.25) is 0 Å². The Kier molecular flexibility index (Phi) is 10.5. The molecule has 8 rings (SSSR count). The minimum Gasteiger partial charge on any atom is -0.481 e. The molecule has 310 valence electrons. The number of sulfone groups is 1. The lowest BCUT2D eigenvalue weighted by molar-refractivity contribution is -0.222. The molecule has 1 aliphatic heterocycles. The SMILES string of the molecule is CC[C@@H]1CC[C@]2(NCCN3CCS(=O)(=O)CC3)CC[C@]3(C)[C@H](CC[C@@H]4[C@@]5(C)CC=C(C6=CC[C@@](COc7cnccn7)(C(=O)O)CC6)C(C)(C)[C@@H]5CC[C@]43C)[C@@H]12. The summed E-state index contributed by atoms with van der Waals surface area (Å²) in [5.41, 5.74) is 2.93. The highest BCUT2D eigenvalue weighted by molar-refractivity contribution is 7.91. The Morgan fingerprint density at radius 1 is 0.929 bits per heavy atom. The van der Waals surface area contributed by atoms with Crippen LogP contribution in [-0.4, -0.2) is 84.2 Å². The van der Waals surface area contributed by atoms with Gasteiger partial charge in [-0.05, 0) is 139 Å². The van der Waals surface area contributed by atoms with Crippen molar-refractivity contribution < 1.29 is 23.1 Å². The van der Waals surface area contributed by atoms with Crippen molar-refractivity contribution in [2.45, 2.75) is 131 Å². The first-order valence-electron chi connectivity index (χ1n) is 22.2. The molecule has 9 nitrogen and oxygen atoms in total. The first kappa shape index (κ1) is 40.5. The van der Waals surface area contributed by atoms with Crippen LogP contribution in [0.3, 0.4) is 0 Å². The van der Waals surface area contributed by atoms with E-state index in [9.17, 15) is 18.3 Å². The lowest BCUT2D eigenvalue weighted by Crippen LogP contribution is -2.68. The fourth-order valence-corrected chi connectivity index (χ4v) is 16.5. The Morgan fingerprint density at radius 3 is 2.39 bits per heavy atom. The monoisotopic (exact) mass is 791 g/mol. The number of hydrogen-bond donors (Lipinski definition) is 2. The highest BCUT2D eigenvalue weighted by atomic mass is 32.2. The number of rotatable bonds is 10. The summed E-state index contributed by atoms with van der Waals surface area (Å²) < 4.78 is 30.0. The number of ether oxygens (including phenoxy) is 1. The number of aromatic nitrogens is 2. The van der Waals surface area contributed by atoms with E-state index in [1.165, 1.54) is 68.9 Å². The molecule has 5 fully saturated rings. The molecular weight excluding hydrogens is 721 g/mol. The molecule has 2 heterocycles. The molecule has 56 heavy (non-hydrogen) atoms. The van der Waals surface area contributed by atoms with Crippen LogP contribution in [0.5, 0.6) is 5.88 Å². The van der Waals surface area contributed by atoms with Crippen molar-refractivity contribution in [3.05, 3.63) is 41.9 Å². The minimum absolute atomic E-state index is 0.0141. The number of carboxylic acids is 1. The molecule has 2 N–H and O–H groups in total. The number of allylic oxidation sites excluding steroid dienone is 4. The first-order chi connectivity index (χ1) is 26.5.